The zero-order chi connectivity index (χ0) is 11.4. The molecule has 3 nitrogen and oxygen atoms in total. The number of rotatable bonds is 3. The van der Waals surface area contributed by atoms with E-state index in [1.165, 1.54) is 0 Å². The molecule has 0 bridgehead atoms. The molecule has 16 heavy (non-hydrogen) atoms. The number of aliphatic hydroxyl groups excluding tert-OH is 1. The molecule has 2 rings (SSSR count). The summed E-state index contributed by atoms with van der Waals surface area (Å²) in [6.07, 6.45) is -0.619. The average Bonchev–Trinajstić information content (AvgIpc) is 2.39. The van der Waals surface area contributed by atoms with Gasteiger partial charge in [0.1, 0.15) is 12.2 Å². The average molecular weight is 221 g/mol. The molecule has 0 aromatic heterocycles. The fourth-order valence-electron chi connectivity index (χ4n) is 2.07. The number of aliphatic hydroxyl groups is 1. The second-order valence-corrected chi connectivity index (χ2v) is 4.16. The Bertz CT molecular complexity index is 315. The van der Waals surface area contributed by atoms with Crippen LogP contribution in [0.15, 0.2) is 30.3 Å². The molecule has 1 aromatic rings. The summed E-state index contributed by atoms with van der Waals surface area (Å²) in [7, 11) is 0. The van der Waals surface area contributed by atoms with Crippen molar-refractivity contribution in [2.75, 3.05) is 26.2 Å². The number of nitrogens with zero attached hydrogens (tertiary/aromatic N) is 1. The third kappa shape index (κ3) is 2.61. The van der Waals surface area contributed by atoms with Crippen molar-refractivity contribution in [3.8, 4) is 0 Å². The first-order valence-corrected chi connectivity index (χ1v) is 5.88. The van der Waals surface area contributed by atoms with Crippen molar-refractivity contribution in [2.24, 2.45) is 0 Å². The summed E-state index contributed by atoms with van der Waals surface area (Å²) in [4.78, 5) is 2.31. The van der Waals surface area contributed by atoms with E-state index < -0.39 is 6.10 Å². The van der Waals surface area contributed by atoms with Crippen LogP contribution in [0.5, 0.6) is 0 Å². The van der Waals surface area contributed by atoms with Crippen LogP contribution in [-0.2, 0) is 4.74 Å². The summed E-state index contributed by atoms with van der Waals surface area (Å²) < 4.78 is 5.63. The molecule has 0 radical (unpaired) electrons. The molecule has 2 atom stereocenters. The third-order valence-corrected chi connectivity index (χ3v) is 3.12. The monoisotopic (exact) mass is 221 g/mol. The number of ether oxygens (including phenoxy) is 1. The lowest BCUT2D eigenvalue weighted by atomic mass is 10.0. The van der Waals surface area contributed by atoms with Gasteiger partial charge in [0.05, 0.1) is 6.61 Å². The molecule has 1 N–H and O–H groups in total. The van der Waals surface area contributed by atoms with Gasteiger partial charge in [0.25, 0.3) is 0 Å². The predicted octanol–water partition coefficient (Wildman–Crippen LogP) is 1.44. The molecule has 0 spiro atoms. The van der Waals surface area contributed by atoms with Crippen LogP contribution < -0.4 is 0 Å². The van der Waals surface area contributed by atoms with Crippen LogP contribution in [0.1, 0.15) is 18.6 Å². The second kappa shape index (κ2) is 5.43. The van der Waals surface area contributed by atoms with Crippen molar-refractivity contribution in [1.82, 2.24) is 4.90 Å². The van der Waals surface area contributed by atoms with E-state index in [-0.39, 0.29) is 6.10 Å². The fraction of sp³-hybridized carbons (Fsp3) is 0.538. The van der Waals surface area contributed by atoms with Crippen molar-refractivity contribution >= 4 is 0 Å². The molecule has 88 valence electrons. The van der Waals surface area contributed by atoms with Gasteiger partial charge >= 0.3 is 0 Å². The number of hydrogen-bond donors (Lipinski definition) is 1. The zero-order valence-electron chi connectivity index (χ0n) is 9.67. The first-order valence-electron chi connectivity index (χ1n) is 5.88. The van der Waals surface area contributed by atoms with Crippen LogP contribution >= 0.6 is 0 Å². The minimum absolute atomic E-state index is 0.101. The first-order chi connectivity index (χ1) is 7.81. The van der Waals surface area contributed by atoms with E-state index in [1.54, 1.807) is 0 Å². The number of likely N-dealkylation sites (N-methyl/N-ethyl adjacent to an activating group) is 1. The van der Waals surface area contributed by atoms with E-state index in [2.05, 4.69) is 11.8 Å². The Morgan fingerprint density at radius 2 is 2.19 bits per heavy atom. The Labute approximate surface area is 96.6 Å². The van der Waals surface area contributed by atoms with Gasteiger partial charge in [0.2, 0.25) is 0 Å². The molecule has 2 unspecified atom stereocenters. The van der Waals surface area contributed by atoms with Crippen molar-refractivity contribution < 1.29 is 9.84 Å². The number of benzene rings is 1. The van der Waals surface area contributed by atoms with Crippen LogP contribution in [0.4, 0.5) is 0 Å². The van der Waals surface area contributed by atoms with E-state index in [1.807, 2.05) is 30.3 Å². The highest BCUT2D eigenvalue weighted by Gasteiger charge is 2.26. The van der Waals surface area contributed by atoms with Gasteiger partial charge in [0.15, 0.2) is 0 Å². The highest BCUT2D eigenvalue weighted by molar-refractivity contribution is 5.18. The highest BCUT2D eigenvalue weighted by atomic mass is 16.5. The van der Waals surface area contributed by atoms with Crippen molar-refractivity contribution in [2.45, 2.75) is 19.1 Å². The molecule has 0 saturated carbocycles. The second-order valence-electron chi connectivity index (χ2n) is 4.16. The van der Waals surface area contributed by atoms with Gasteiger partial charge in [-0.25, -0.2) is 0 Å². The standard InChI is InChI=1S/C13H19NO2/c1-2-14-8-9-16-12(10-14)13(15)11-6-4-3-5-7-11/h3-7,12-13,15H,2,8-10H2,1H3. The van der Waals surface area contributed by atoms with E-state index in [4.69, 9.17) is 4.74 Å². The SMILES string of the molecule is CCN1CCOC(C(O)c2ccccc2)C1. The van der Waals surface area contributed by atoms with E-state index in [0.29, 0.717) is 6.61 Å². The molecule has 1 saturated heterocycles. The minimum Gasteiger partial charge on any atom is -0.386 e. The Kier molecular flexibility index (Phi) is 3.93. The third-order valence-electron chi connectivity index (χ3n) is 3.12. The van der Waals surface area contributed by atoms with Crippen LogP contribution in [0.3, 0.4) is 0 Å². The van der Waals surface area contributed by atoms with Crippen molar-refractivity contribution in [3.63, 3.8) is 0 Å². The van der Waals surface area contributed by atoms with Gasteiger partial charge in [0, 0.05) is 13.1 Å². The van der Waals surface area contributed by atoms with Crippen molar-refractivity contribution in [3.05, 3.63) is 35.9 Å². The fourth-order valence-corrected chi connectivity index (χ4v) is 2.07. The van der Waals surface area contributed by atoms with Gasteiger partial charge in [-0.15, -0.1) is 0 Å². The molecule has 1 aliphatic heterocycles. The van der Waals surface area contributed by atoms with Gasteiger partial charge in [-0.3, -0.25) is 4.90 Å². The molecular formula is C13H19NO2. The maximum absolute atomic E-state index is 10.2. The van der Waals surface area contributed by atoms with E-state index >= 15 is 0 Å². The Morgan fingerprint density at radius 1 is 1.44 bits per heavy atom. The Balaban J connectivity index is 2.01. The molecule has 3 heteroatoms. The molecule has 0 amide bonds. The maximum Gasteiger partial charge on any atom is 0.106 e. The maximum atomic E-state index is 10.2. The van der Waals surface area contributed by atoms with Crippen molar-refractivity contribution in [1.29, 1.82) is 0 Å². The largest absolute Gasteiger partial charge is 0.386 e. The quantitative estimate of drug-likeness (QED) is 0.838. The summed E-state index contributed by atoms with van der Waals surface area (Å²) in [5.74, 6) is 0. The van der Waals surface area contributed by atoms with Gasteiger partial charge in [-0.05, 0) is 12.1 Å². The predicted molar refractivity (Wildman–Crippen MR) is 63.3 cm³/mol. The minimum atomic E-state index is -0.518. The molecule has 1 fully saturated rings. The topological polar surface area (TPSA) is 32.7 Å². The summed E-state index contributed by atoms with van der Waals surface area (Å²) in [6, 6.07) is 9.73. The van der Waals surface area contributed by atoms with Gasteiger partial charge in [-0.2, -0.15) is 0 Å². The van der Waals surface area contributed by atoms with Crippen LogP contribution in [0.2, 0.25) is 0 Å². The normalized spacial score (nSPS) is 24.2. The lowest BCUT2D eigenvalue weighted by Gasteiger charge is -2.34. The Hall–Kier alpha value is -0.900. The molecule has 1 heterocycles. The first kappa shape index (κ1) is 11.6. The summed E-state index contributed by atoms with van der Waals surface area (Å²) in [6.45, 7) is 5.64. The lowest BCUT2D eigenvalue weighted by Crippen LogP contribution is -2.44. The smallest absolute Gasteiger partial charge is 0.106 e. The number of hydrogen-bond acceptors (Lipinski definition) is 3. The van der Waals surface area contributed by atoms with E-state index in [9.17, 15) is 5.11 Å². The molecule has 1 aromatic carbocycles. The zero-order valence-corrected chi connectivity index (χ0v) is 9.67. The van der Waals surface area contributed by atoms with Gasteiger partial charge in [-0.1, -0.05) is 37.3 Å². The molecule has 0 aliphatic carbocycles. The molecular weight excluding hydrogens is 202 g/mol. The van der Waals surface area contributed by atoms with Crippen LogP contribution in [0.25, 0.3) is 0 Å². The highest BCUT2D eigenvalue weighted by Crippen LogP contribution is 2.21. The summed E-state index contributed by atoms with van der Waals surface area (Å²) in [5, 5.41) is 10.2. The van der Waals surface area contributed by atoms with Crippen LogP contribution in [0, 0.1) is 0 Å². The molecule has 1 aliphatic rings. The Morgan fingerprint density at radius 3 is 2.88 bits per heavy atom. The lowest BCUT2D eigenvalue weighted by molar-refractivity contribution is -0.0888. The summed E-state index contributed by atoms with van der Waals surface area (Å²) in [5.41, 5.74) is 0.936. The van der Waals surface area contributed by atoms with Gasteiger partial charge < -0.3 is 9.84 Å². The summed E-state index contributed by atoms with van der Waals surface area (Å²) >= 11 is 0. The number of morpholine rings is 1. The van der Waals surface area contributed by atoms with E-state index in [0.717, 1.165) is 25.2 Å². The van der Waals surface area contributed by atoms with Crippen LogP contribution in [-0.4, -0.2) is 42.4 Å².